The smallest absolute Gasteiger partial charge is 0.228 e. The molecule has 206 valence electrons. The van der Waals surface area contributed by atoms with Crippen molar-refractivity contribution in [3.8, 4) is 5.75 Å². The van der Waals surface area contributed by atoms with E-state index in [1.807, 2.05) is 42.5 Å². The van der Waals surface area contributed by atoms with Crippen molar-refractivity contribution < 1.29 is 9.53 Å². The van der Waals surface area contributed by atoms with Gasteiger partial charge in [-0.3, -0.25) is 4.79 Å². The molecular formula is C32H44ClN3O2. The fourth-order valence-electron chi connectivity index (χ4n) is 4.64. The summed E-state index contributed by atoms with van der Waals surface area (Å²) in [5.41, 5.74) is 2.68. The maximum absolute atomic E-state index is 12.8. The van der Waals surface area contributed by atoms with E-state index in [0.717, 1.165) is 29.1 Å². The average Bonchev–Trinajstić information content (AvgIpc) is 3.43. The molecule has 3 rings (SSSR count). The van der Waals surface area contributed by atoms with Crippen LogP contribution in [0.1, 0.15) is 101 Å². The number of hydrogen-bond donors (Lipinski definition) is 2. The lowest BCUT2D eigenvalue weighted by Gasteiger charge is -2.12. The van der Waals surface area contributed by atoms with Crippen molar-refractivity contribution in [1.82, 2.24) is 9.97 Å². The van der Waals surface area contributed by atoms with Gasteiger partial charge in [-0.1, -0.05) is 113 Å². The molecule has 2 N–H and O–H groups in total. The zero-order valence-corrected chi connectivity index (χ0v) is 23.7. The van der Waals surface area contributed by atoms with Gasteiger partial charge in [-0.25, -0.2) is 4.98 Å². The number of aromatic amines is 1. The summed E-state index contributed by atoms with van der Waals surface area (Å²) in [7, 11) is 0. The highest BCUT2D eigenvalue weighted by molar-refractivity contribution is 6.32. The first-order chi connectivity index (χ1) is 18.7. The van der Waals surface area contributed by atoms with E-state index in [2.05, 4.69) is 22.2 Å². The molecule has 5 nitrogen and oxygen atoms in total. The van der Waals surface area contributed by atoms with Crippen LogP contribution in [0.3, 0.4) is 0 Å². The Morgan fingerprint density at radius 1 is 0.921 bits per heavy atom. The third-order valence-electron chi connectivity index (χ3n) is 6.82. The Balaban J connectivity index is 1.34. The van der Waals surface area contributed by atoms with Crippen LogP contribution in [0.5, 0.6) is 5.75 Å². The summed E-state index contributed by atoms with van der Waals surface area (Å²) >= 11 is 6.37. The number of carbonyl (C=O) groups excluding carboxylic acids is 1. The number of halogens is 1. The number of hydrogen-bond acceptors (Lipinski definition) is 3. The van der Waals surface area contributed by atoms with Crippen LogP contribution >= 0.6 is 11.6 Å². The molecule has 0 spiro atoms. The van der Waals surface area contributed by atoms with Crippen LogP contribution in [0.15, 0.2) is 54.9 Å². The molecular weight excluding hydrogens is 494 g/mol. The lowest BCUT2D eigenvalue weighted by molar-refractivity contribution is -0.115. The van der Waals surface area contributed by atoms with Gasteiger partial charge in [-0.15, -0.1) is 0 Å². The molecule has 38 heavy (non-hydrogen) atoms. The quantitative estimate of drug-likeness (QED) is 0.150. The highest BCUT2D eigenvalue weighted by atomic mass is 35.5. The van der Waals surface area contributed by atoms with Crippen LogP contribution in [0, 0.1) is 0 Å². The fourth-order valence-corrected chi connectivity index (χ4v) is 4.82. The van der Waals surface area contributed by atoms with Gasteiger partial charge in [0.05, 0.1) is 18.1 Å². The third kappa shape index (κ3) is 11.3. The minimum atomic E-state index is -0.0777. The third-order valence-corrected chi connectivity index (χ3v) is 7.13. The number of ether oxygens (including phenoxy) is 1. The standard InChI is InChI=1S/C32H44ClN3O2/c1-2-3-4-5-6-7-8-9-10-11-12-15-22-38-30-23-26(18-19-28(30)33)24-32(37)36-29-17-14-13-16-27(29)25-31-34-20-21-35-31/h13-14,16-21,23H,2-12,15,22,24-25H2,1H3,(H,34,35)(H,36,37). The lowest BCUT2D eigenvalue weighted by atomic mass is 10.1. The number of imidazole rings is 1. The van der Waals surface area contributed by atoms with Crippen LogP contribution in [-0.4, -0.2) is 22.5 Å². The van der Waals surface area contributed by atoms with Crippen molar-refractivity contribution in [2.24, 2.45) is 0 Å². The second-order valence-corrected chi connectivity index (χ2v) is 10.5. The first kappa shape index (κ1) is 29.8. The summed E-state index contributed by atoms with van der Waals surface area (Å²) in [5, 5.41) is 3.63. The average molecular weight is 538 g/mol. The SMILES string of the molecule is CCCCCCCCCCCCCCOc1cc(CC(=O)Nc2ccccc2Cc2ncc[nH]2)ccc1Cl. The second kappa shape index (κ2) is 17.7. The van der Waals surface area contributed by atoms with Crippen LogP contribution in [0.4, 0.5) is 5.69 Å². The molecule has 0 saturated heterocycles. The lowest BCUT2D eigenvalue weighted by Crippen LogP contribution is -2.16. The zero-order chi connectivity index (χ0) is 26.8. The number of unbranched alkanes of at least 4 members (excludes halogenated alkanes) is 11. The minimum absolute atomic E-state index is 0.0777. The van der Waals surface area contributed by atoms with Gasteiger partial charge in [0, 0.05) is 24.5 Å². The summed E-state index contributed by atoms with van der Waals surface area (Å²) in [6.45, 7) is 2.91. The molecule has 0 radical (unpaired) electrons. The number of rotatable bonds is 19. The molecule has 0 bridgehead atoms. The Hall–Kier alpha value is -2.79. The van der Waals surface area contributed by atoms with Crippen molar-refractivity contribution in [3.05, 3.63) is 76.8 Å². The molecule has 0 unspecified atom stereocenters. The van der Waals surface area contributed by atoms with Gasteiger partial charge in [0.25, 0.3) is 0 Å². The number of amides is 1. The maximum atomic E-state index is 12.8. The molecule has 1 heterocycles. The number of carbonyl (C=O) groups is 1. The topological polar surface area (TPSA) is 67.0 Å². The van der Waals surface area contributed by atoms with Crippen molar-refractivity contribution >= 4 is 23.2 Å². The van der Waals surface area contributed by atoms with Crippen molar-refractivity contribution in [2.75, 3.05) is 11.9 Å². The van der Waals surface area contributed by atoms with Gasteiger partial charge in [0.15, 0.2) is 0 Å². The number of para-hydroxylation sites is 1. The monoisotopic (exact) mass is 537 g/mol. The van der Waals surface area contributed by atoms with Crippen LogP contribution in [-0.2, 0) is 17.6 Å². The number of H-pyrrole nitrogens is 1. The maximum Gasteiger partial charge on any atom is 0.228 e. The van der Waals surface area contributed by atoms with E-state index in [1.54, 1.807) is 12.4 Å². The summed E-state index contributed by atoms with van der Waals surface area (Å²) in [6.07, 6.45) is 20.2. The van der Waals surface area contributed by atoms with E-state index in [4.69, 9.17) is 16.3 Å². The first-order valence-corrected chi connectivity index (χ1v) is 14.8. The number of aromatic nitrogens is 2. The number of nitrogens with zero attached hydrogens (tertiary/aromatic N) is 1. The van der Waals surface area contributed by atoms with E-state index >= 15 is 0 Å². The van der Waals surface area contributed by atoms with Crippen molar-refractivity contribution in [3.63, 3.8) is 0 Å². The van der Waals surface area contributed by atoms with E-state index < -0.39 is 0 Å². The molecule has 3 aromatic rings. The summed E-state index contributed by atoms with van der Waals surface area (Å²) < 4.78 is 5.97. The van der Waals surface area contributed by atoms with Crippen LogP contribution in [0.2, 0.25) is 5.02 Å². The van der Waals surface area contributed by atoms with E-state index in [0.29, 0.717) is 23.8 Å². The number of nitrogens with one attached hydrogen (secondary N) is 2. The molecule has 0 saturated carbocycles. The van der Waals surface area contributed by atoms with E-state index in [-0.39, 0.29) is 12.3 Å². The van der Waals surface area contributed by atoms with E-state index in [9.17, 15) is 4.79 Å². The Morgan fingerprint density at radius 3 is 2.29 bits per heavy atom. The van der Waals surface area contributed by atoms with E-state index in [1.165, 1.54) is 70.6 Å². The first-order valence-electron chi connectivity index (χ1n) is 14.4. The van der Waals surface area contributed by atoms with Gasteiger partial charge in [0.2, 0.25) is 5.91 Å². The van der Waals surface area contributed by atoms with Crippen LogP contribution < -0.4 is 10.1 Å². The van der Waals surface area contributed by atoms with Gasteiger partial charge in [-0.2, -0.15) is 0 Å². The summed E-state index contributed by atoms with van der Waals surface area (Å²) in [6, 6.07) is 13.4. The fraction of sp³-hybridized carbons (Fsp3) is 0.500. The molecule has 0 aliphatic heterocycles. The zero-order valence-electron chi connectivity index (χ0n) is 22.9. The molecule has 0 fully saturated rings. The second-order valence-electron chi connectivity index (χ2n) is 10.1. The van der Waals surface area contributed by atoms with Crippen molar-refractivity contribution in [1.29, 1.82) is 0 Å². The Morgan fingerprint density at radius 2 is 1.61 bits per heavy atom. The van der Waals surface area contributed by atoms with Gasteiger partial charge in [0.1, 0.15) is 11.6 Å². The number of benzene rings is 2. The summed E-state index contributed by atoms with van der Waals surface area (Å²) in [5.74, 6) is 1.43. The predicted octanol–water partition coefficient (Wildman–Crippen LogP) is 8.92. The van der Waals surface area contributed by atoms with Crippen LogP contribution in [0.25, 0.3) is 0 Å². The molecule has 2 aromatic carbocycles. The van der Waals surface area contributed by atoms with Gasteiger partial charge < -0.3 is 15.0 Å². The molecule has 1 aromatic heterocycles. The highest BCUT2D eigenvalue weighted by Gasteiger charge is 2.11. The molecule has 0 atom stereocenters. The Labute approximate surface area is 233 Å². The van der Waals surface area contributed by atoms with Gasteiger partial charge >= 0.3 is 0 Å². The Bertz CT molecular complexity index is 1070. The normalized spacial score (nSPS) is 11.0. The predicted molar refractivity (Wildman–Crippen MR) is 158 cm³/mol. The Kier molecular flexibility index (Phi) is 13.8. The number of anilines is 1. The molecule has 1 amide bonds. The molecule has 6 heteroatoms. The van der Waals surface area contributed by atoms with Crippen molar-refractivity contribution in [2.45, 2.75) is 96.8 Å². The minimum Gasteiger partial charge on any atom is -0.492 e. The largest absolute Gasteiger partial charge is 0.492 e. The summed E-state index contributed by atoms with van der Waals surface area (Å²) in [4.78, 5) is 20.2. The highest BCUT2D eigenvalue weighted by Crippen LogP contribution is 2.27. The molecule has 0 aliphatic carbocycles. The molecule has 0 aliphatic rings. The van der Waals surface area contributed by atoms with Gasteiger partial charge in [-0.05, 0) is 35.7 Å².